The zero-order valence-electron chi connectivity index (χ0n) is 15.0. The van der Waals surface area contributed by atoms with Crippen LogP contribution in [0.3, 0.4) is 0 Å². The number of carbonyl (C=O) groups is 1. The molecule has 2 aromatic rings. The number of likely N-dealkylation sites (tertiary alicyclic amines) is 1. The molecule has 2 atom stereocenters. The van der Waals surface area contributed by atoms with Crippen LogP contribution in [0.4, 0.5) is 5.82 Å². The maximum absolute atomic E-state index is 12.8. The Hall–Kier alpha value is -1.89. The third-order valence-electron chi connectivity index (χ3n) is 5.18. The second-order valence-corrected chi connectivity index (χ2v) is 6.86. The molecule has 6 nitrogen and oxygen atoms in total. The van der Waals surface area contributed by atoms with E-state index in [-0.39, 0.29) is 42.7 Å². The molecule has 1 amide bonds. The molecule has 0 unspecified atom stereocenters. The SMILES string of the molecule is Cl.Cl.N[C@@H]1CN(C(=O)c2ccc(N3CCCC3)nn2)C[C@H]1c1ccccc1. The highest BCUT2D eigenvalue weighted by Gasteiger charge is 2.34. The molecule has 0 bridgehead atoms. The molecular formula is C19H25Cl2N5O. The summed E-state index contributed by atoms with van der Waals surface area (Å²) in [6, 6.07) is 13.8. The maximum atomic E-state index is 12.8. The minimum absolute atomic E-state index is 0. The molecule has 8 heteroatoms. The maximum Gasteiger partial charge on any atom is 0.274 e. The molecule has 146 valence electrons. The highest BCUT2D eigenvalue weighted by atomic mass is 35.5. The minimum Gasteiger partial charge on any atom is -0.355 e. The number of nitrogens with zero attached hydrogens (tertiary/aromatic N) is 4. The molecule has 0 spiro atoms. The van der Waals surface area contributed by atoms with Crippen molar-refractivity contribution < 1.29 is 4.79 Å². The average Bonchev–Trinajstić information content (AvgIpc) is 3.32. The van der Waals surface area contributed by atoms with Crippen molar-refractivity contribution in [2.45, 2.75) is 24.8 Å². The van der Waals surface area contributed by atoms with Crippen LogP contribution >= 0.6 is 24.8 Å². The lowest BCUT2D eigenvalue weighted by Crippen LogP contribution is -2.32. The van der Waals surface area contributed by atoms with Gasteiger partial charge in [0.1, 0.15) is 0 Å². The fourth-order valence-corrected chi connectivity index (χ4v) is 3.76. The van der Waals surface area contributed by atoms with Gasteiger partial charge in [0.05, 0.1) is 0 Å². The lowest BCUT2D eigenvalue weighted by Gasteiger charge is -2.17. The van der Waals surface area contributed by atoms with Crippen molar-refractivity contribution in [3.8, 4) is 0 Å². The molecule has 0 saturated carbocycles. The van der Waals surface area contributed by atoms with Crippen molar-refractivity contribution in [2.75, 3.05) is 31.1 Å². The van der Waals surface area contributed by atoms with Crippen LogP contribution in [0.25, 0.3) is 0 Å². The van der Waals surface area contributed by atoms with Gasteiger partial charge in [0.15, 0.2) is 11.5 Å². The molecule has 1 aromatic carbocycles. The summed E-state index contributed by atoms with van der Waals surface area (Å²) in [6.45, 7) is 3.21. The van der Waals surface area contributed by atoms with Gasteiger partial charge in [-0.05, 0) is 30.5 Å². The number of hydrogen-bond acceptors (Lipinski definition) is 5. The van der Waals surface area contributed by atoms with Gasteiger partial charge in [0, 0.05) is 38.1 Å². The highest BCUT2D eigenvalue weighted by Crippen LogP contribution is 2.27. The Morgan fingerprint density at radius 1 is 0.963 bits per heavy atom. The number of rotatable bonds is 3. The van der Waals surface area contributed by atoms with Crippen LogP contribution in [0.15, 0.2) is 42.5 Å². The molecule has 2 N–H and O–H groups in total. The van der Waals surface area contributed by atoms with Gasteiger partial charge in [-0.2, -0.15) is 0 Å². The second-order valence-electron chi connectivity index (χ2n) is 6.86. The van der Waals surface area contributed by atoms with E-state index < -0.39 is 0 Å². The summed E-state index contributed by atoms with van der Waals surface area (Å²) in [6.07, 6.45) is 2.38. The predicted molar refractivity (Wildman–Crippen MR) is 111 cm³/mol. The van der Waals surface area contributed by atoms with Crippen LogP contribution in [-0.2, 0) is 0 Å². The molecule has 27 heavy (non-hydrogen) atoms. The lowest BCUT2D eigenvalue weighted by molar-refractivity contribution is 0.0782. The first-order valence-electron chi connectivity index (χ1n) is 8.91. The Labute approximate surface area is 171 Å². The van der Waals surface area contributed by atoms with Crippen LogP contribution in [0.2, 0.25) is 0 Å². The van der Waals surface area contributed by atoms with Gasteiger partial charge >= 0.3 is 0 Å². The van der Waals surface area contributed by atoms with Gasteiger partial charge in [-0.15, -0.1) is 35.0 Å². The number of nitrogens with two attached hydrogens (primary N) is 1. The zero-order valence-corrected chi connectivity index (χ0v) is 16.7. The van der Waals surface area contributed by atoms with Gasteiger partial charge in [0.2, 0.25) is 0 Å². The summed E-state index contributed by atoms with van der Waals surface area (Å²) >= 11 is 0. The van der Waals surface area contributed by atoms with Gasteiger partial charge in [0.25, 0.3) is 5.91 Å². The summed E-state index contributed by atoms with van der Waals surface area (Å²) < 4.78 is 0. The minimum atomic E-state index is -0.0886. The number of benzene rings is 1. The van der Waals surface area contributed by atoms with Crippen molar-refractivity contribution in [3.05, 3.63) is 53.7 Å². The zero-order chi connectivity index (χ0) is 17.2. The Morgan fingerprint density at radius 2 is 1.67 bits per heavy atom. The van der Waals surface area contributed by atoms with E-state index in [4.69, 9.17) is 5.73 Å². The van der Waals surface area contributed by atoms with Crippen LogP contribution < -0.4 is 10.6 Å². The summed E-state index contributed by atoms with van der Waals surface area (Å²) in [5.74, 6) is 0.936. The largest absolute Gasteiger partial charge is 0.355 e. The van der Waals surface area contributed by atoms with E-state index in [9.17, 15) is 4.79 Å². The number of halogens is 2. The molecular weight excluding hydrogens is 385 g/mol. The molecule has 2 aliphatic rings. The van der Waals surface area contributed by atoms with Crippen LogP contribution in [-0.4, -0.2) is 53.2 Å². The number of anilines is 1. The second kappa shape index (κ2) is 9.35. The molecule has 2 fully saturated rings. The van der Waals surface area contributed by atoms with Crippen molar-refractivity contribution in [2.24, 2.45) is 5.73 Å². The van der Waals surface area contributed by atoms with Crippen molar-refractivity contribution in [1.29, 1.82) is 0 Å². The van der Waals surface area contributed by atoms with E-state index in [2.05, 4.69) is 27.2 Å². The smallest absolute Gasteiger partial charge is 0.274 e. The molecule has 2 aliphatic heterocycles. The first kappa shape index (κ1) is 21.4. The number of hydrogen-bond donors (Lipinski definition) is 1. The Bertz CT molecular complexity index is 738. The topological polar surface area (TPSA) is 75.3 Å². The standard InChI is InChI=1S/C19H23N5O.2ClH/c20-16-13-24(12-15(16)14-6-2-1-3-7-14)19(25)17-8-9-18(22-21-17)23-10-4-5-11-23;;/h1-3,6-9,15-16H,4-5,10-13,20H2;2*1H/t15-,16+;;/m0../s1. The number of carbonyl (C=O) groups excluding carboxylic acids is 1. The van der Waals surface area contributed by atoms with Gasteiger partial charge in [-0.1, -0.05) is 30.3 Å². The quantitative estimate of drug-likeness (QED) is 0.842. The third-order valence-corrected chi connectivity index (χ3v) is 5.18. The number of aromatic nitrogens is 2. The van der Waals surface area contributed by atoms with E-state index in [0.717, 1.165) is 18.9 Å². The van der Waals surface area contributed by atoms with Crippen molar-refractivity contribution >= 4 is 36.5 Å². The molecule has 3 heterocycles. The molecule has 2 saturated heterocycles. The summed E-state index contributed by atoms with van der Waals surface area (Å²) in [5.41, 5.74) is 7.86. The lowest BCUT2D eigenvalue weighted by atomic mass is 9.95. The van der Waals surface area contributed by atoms with E-state index in [1.165, 1.54) is 18.4 Å². The van der Waals surface area contributed by atoms with E-state index in [1.807, 2.05) is 24.3 Å². The molecule has 1 aromatic heterocycles. The van der Waals surface area contributed by atoms with Gasteiger partial charge in [-0.3, -0.25) is 4.79 Å². The molecule has 0 radical (unpaired) electrons. The normalized spacial score (nSPS) is 21.5. The summed E-state index contributed by atoms with van der Waals surface area (Å²) in [7, 11) is 0. The van der Waals surface area contributed by atoms with Crippen molar-refractivity contribution in [3.63, 3.8) is 0 Å². The highest BCUT2D eigenvalue weighted by molar-refractivity contribution is 5.92. The van der Waals surface area contributed by atoms with Gasteiger partial charge < -0.3 is 15.5 Å². The number of amides is 1. The Morgan fingerprint density at radius 3 is 2.30 bits per heavy atom. The monoisotopic (exact) mass is 409 g/mol. The Kier molecular flexibility index (Phi) is 7.41. The third kappa shape index (κ3) is 4.51. The van der Waals surface area contributed by atoms with Gasteiger partial charge in [-0.25, -0.2) is 0 Å². The van der Waals surface area contributed by atoms with Crippen LogP contribution in [0.5, 0.6) is 0 Å². The average molecular weight is 410 g/mol. The molecule has 4 rings (SSSR count). The Balaban J connectivity index is 0.00000131. The van der Waals surface area contributed by atoms with Crippen molar-refractivity contribution in [1.82, 2.24) is 15.1 Å². The fraction of sp³-hybridized carbons (Fsp3) is 0.421. The van der Waals surface area contributed by atoms with E-state index in [0.29, 0.717) is 18.8 Å². The van der Waals surface area contributed by atoms with Crippen LogP contribution in [0.1, 0.15) is 34.8 Å². The van der Waals surface area contributed by atoms with E-state index >= 15 is 0 Å². The van der Waals surface area contributed by atoms with E-state index in [1.54, 1.807) is 11.0 Å². The first-order valence-corrected chi connectivity index (χ1v) is 8.91. The predicted octanol–water partition coefficient (Wildman–Crippen LogP) is 2.49. The van der Waals surface area contributed by atoms with Crippen LogP contribution in [0, 0.1) is 0 Å². The molecule has 0 aliphatic carbocycles. The summed E-state index contributed by atoms with van der Waals surface area (Å²) in [4.78, 5) is 16.8. The fourth-order valence-electron chi connectivity index (χ4n) is 3.76. The first-order chi connectivity index (χ1) is 12.2. The summed E-state index contributed by atoms with van der Waals surface area (Å²) in [5, 5.41) is 8.41.